The molecule has 0 radical (unpaired) electrons. The third-order valence-electron chi connectivity index (χ3n) is 2.11. The SMILES string of the molecule is C=C(Br)CNCc1ccc(C(=O)OC)cc1Br. The maximum absolute atomic E-state index is 11.3. The second-order valence-corrected chi connectivity index (χ2v) is 5.39. The summed E-state index contributed by atoms with van der Waals surface area (Å²) in [7, 11) is 1.37. The van der Waals surface area contributed by atoms with Crippen LogP contribution in [0.1, 0.15) is 15.9 Å². The van der Waals surface area contributed by atoms with Crippen molar-refractivity contribution in [3.63, 3.8) is 0 Å². The van der Waals surface area contributed by atoms with Crippen molar-refractivity contribution in [2.45, 2.75) is 6.54 Å². The van der Waals surface area contributed by atoms with E-state index in [2.05, 4.69) is 48.5 Å². The number of esters is 1. The highest BCUT2D eigenvalue weighted by molar-refractivity contribution is 9.11. The summed E-state index contributed by atoms with van der Waals surface area (Å²) >= 11 is 6.71. The zero-order valence-corrected chi connectivity index (χ0v) is 12.6. The minimum Gasteiger partial charge on any atom is -0.465 e. The van der Waals surface area contributed by atoms with Gasteiger partial charge < -0.3 is 10.1 Å². The molecule has 92 valence electrons. The molecule has 1 rings (SSSR count). The Kier molecular flexibility index (Phi) is 5.88. The predicted molar refractivity (Wildman–Crippen MR) is 75.3 cm³/mol. The van der Waals surface area contributed by atoms with E-state index in [0.717, 1.165) is 14.5 Å². The number of hydrogen-bond acceptors (Lipinski definition) is 3. The van der Waals surface area contributed by atoms with Crippen LogP contribution >= 0.6 is 31.9 Å². The van der Waals surface area contributed by atoms with Gasteiger partial charge in [0, 0.05) is 22.0 Å². The van der Waals surface area contributed by atoms with Gasteiger partial charge in [0.2, 0.25) is 0 Å². The van der Waals surface area contributed by atoms with Gasteiger partial charge in [-0.15, -0.1) is 0 Å². The second kappa shape index (κ2) is 6.93. The van der Waals surface area contributed by atoms with Crippen LogP contribution in [0.15, 0.2) is 33.7 Å². The second-order valence-electron chi connectivity index (χ2n) is 3.42. The van der Waals surface area contributed by atoms with Gasteiger partial charge in [-0.1, -0.05) is 44.5 Å². The number of benzene rings is 1. The lowest BCUT2D eigenvalue weighted by Gasteiger charge is -2.07. The number of carbonyl (C=O) groups is 1. The van der Waals surface area contributed by atoms with Crippen LogP contribution in [0.25, 0.3) is 0 Å². The van der Waals surface area contributed by atoms with E-state index in [1.807, 2.05) is 6.07 Å². The minimum absolute atomic E-state index is 0.334. The number of hydrogen-bond donors (Lipinski definition) is 1. The van der Waals surface area contributed by atoms with Gasteiger partial charge in [-0.25, -0.2) is 4.79 Å². The first kappa shape index (κ1) is 14.4. The molecule has 3 nitrogen and oxygen atoms in total. The Hall–Kier alpha value is -0.650. The minimum atomic E-state index is -0.334. The smallest absolute Gasteiger partial charge is 0.337 e. The summed E-state index contributed by atoms with van der Waals surface area (Å²) in [6, 6.07) is 5.39. The maximum atomic E-state index is 11.3. The summed E-state index contributed by atoms with van der Waals surface area (Å²) in [4.78, 5) is 11.3. The zero-order chi connectivity index (χ0) is 12.8. The van der Waals surface area contributed by atoms with E-state index in [-0.39, 0.29) is 5.97 Å². The lowest BCUT2D eigenvalue weighted by molar-refractivity contribution is 0.0600. The van der Waals surface area contributed by atoms with Crippen molar-refractivity contribution in [2.75, 3.05) is 13.7 Å². The molecule has 1 aromatic carbocycles. The third-order valence-corrected chi connectivity index (χ3v) is 3.13. The van der Waals surface area contributed by atoms with Crippen LogP contribution in [0, 0.1) is 0 Å². The van der Waals surface area contributed by atoms with Gasteiger partial charge in [-0.2, -0.15) is 0 Å². The van der Waals surface area contributed by atoms with Crippen molar-refractivity contribution >= 4 is 37.8 Å². The molecule has 0 aromatic heterocycles. The molecule has 0 aliphatic rings. The molecule has 0 aliphatic carbocycles. The Bertz CT molecular complexity index is 433. The van der Waals surface area contributed by atoms with Gasteiger partial charge in [-0.05, 0) is 17.7 Å². The number of rotatable bonds is 5. The molecule has 0 spiro atoms. The monoisotopic (exact) mass is 361 g/mol. The number of halogens is 2. The van der Waals surface area contributed by atoms with Crippen LogP contribution in [0.4, 0.5) is 0 Å². The highest BCUT2D eigenvalue weighted by atomic mass is 79.9. The zero-order valence-electron chi connectivity index (χ0n) is 9.43. The first-order valence-corrected chi connectivity index (χ1v) is 6.54. The van der Waals surface area contributed by atoms with E-state index in [0.29, 0.717) is 18.7 Å². The summed E-state index contributed by atoms with van der Waals surface area (Å²) in [5.41, 5.74) is 1.61. The van der Waals surface area contributed by atoms with Crippen LogP contribution in [-0.2, 0) is 11.3 Å². The normalized spacial score (nSPS) is 10.1. The molecule has 1 aromatic rings. The van der Waals surface area contributed by atoms with E-state index in [4.69, 9.17) is 0 Å². The molecule has 17 heavy (non-hydrogen) atoms. The standard InChI is InChI=1S/C12H13Br2NO2/c1-8(13)6-15-7-10-4-3-9(5-11(10)14)12(16)17-2/h3-5,15H,1,6-7H2,2H3. The lowest BCUT2D eigenvalue weighted by atomic mass is 10.1. The fourth-order valence-electron chi connectivity index (χ4n) is 1.27. The Morgan fingerprint density at radius 3 is 2.76 bits per heavy atom. The summed E-state index contributed by atoms with van der Waals surface area (Å²) in [5.74, 6) is -0.334. The largest absolute Gasteiger partial charge is 0.465 e. The Balaban J connectivity index is 2.69. The molecule has 0 aliphatic heterocycles. The van der Waals surface area contributed by atoms with Crippen LogP contribution in [0.5, 0.6) is 0 Å². The van der Waals surface area contributed by atoms with Gasteiger partial charge in [0.15, 0.2) is 0 Å². The van der Waals surface area contributed by atoms with Crippen LogP contribution < -0.4 is 5.32 Å². The van der Waals surface area contributed by atoms with Crippen molar-refractivity contribution < 1.29 is 9.53 Å². The number of nitrogens with one attached hydrogen (secondary N) is 1. The number of carbonyl (C=O) groups excluding carboxylic acids is 1. The van der Waals surface area contributed by atoms with Crippen LogP contribution in [0.2, 0.25) is 0 Å². The molecule has 0 saturated heterocycles. The fourth-order valence-corrected chi connectivity index (χ4v) is 1.99. The Labute approximate surface area is 117 Å². The molecule has 0 fully saturated rings. The van der Waals surface area contributed by atoms with Gasteiger partial charge in [-0.3, -0.25) is 0 Å². The molecule has 0 unspecified atom stereocenters. The quantitative estimate of drug-likeness (QED) is 0.817. The Morgan fingerprint density at radius 1 is 1.53 bits per heavy atom. The summed E-state index contributed by atoms with van der Waals surface area (Å²) < 4.78 is 6.44. The maximum Gasteiger partial charge on any atom is 0.337 e. The van der Waals surface area contributed by atoms with E-state index in [1.54, 1.807) is 12.1 Å². The highest BCUT2D eigenvalue weighted by Gasteiger charge is 2.08. The fraction of sp³-hybridized carbons (Fsp3) is 0.250. The summed E-state index contributed by atoms with van der Waals surface area (Å²) in [6.45, 7) is 5.14. The average molecular weight is 363 g/mol. The van der Waals surface area contributed by atoms with Crippen molar-refractivity contribution in [2.24, 2.45) is 0 Å². The van der Waals surface area contributed by atoms with Crippen molar-refractivity contribution in [3.8, 4) is 0 Å². The third kappa shape index (κ3) is 4.61. The number of methoxy groups -OCH3 is 1. The first-order chi connectivity index (χ1) is 8.04. The lowest BCUT2D eigenvalue weighted by Crippen LogP contribution is -2.15. The van der Waals surface area contributed by atoms with Crippen LogP contribution in [0.3, 0.4) is 0 Å². The summed E-state index contributed by atoms with van der Waals surface area (Å²) in [5, 5.41) is 3.21. The Morgan fingerprint density at radius 2 is 2.24 bits per heavy atom. The molecular weight excluding hydrogens is 350 g/mol. The highest BCUT2D eigenvalue weighted by Crippen LogP contribution is 2.19. The predicted octanol–water partition coefficient (Wildman–Crippen LogP) is 3.23. The van der Waals surface area contributed by atoms with E-state index >= 15 is 0 Å². The topological polar surface area (TPSA) is 38.3 Å². The summed E-state index contributed by atoms with van der Waals surface area (Å²) in [6.07, 6.45) is 0. The van der Waals surface area contributed by atoms with E-state index < -0.39 is 0 Å². The van der Waals surface area contributed by atoms with Crippen molar-refractivity contribution in [1.29, 1.82) is 0 Å². The van der Waals surface area contributed by atoms with Crippen molar-refractivity contribution in [1.82, 2.24) is 5.32 Å². The van der Waals surface area contributed by atoms with Crippen molar-refractivity contribution in [3.05, 3.63) is 44.9 Å². The van der Waals surface area contributed by atoms with E-state index in [1.165, 1.54) is 7.11 Å². The molecule has 0 saturated carbocycles. The van der Waals surface area contributed by atoms with Crippen LogP contribution in [-0.4, -0.2) is 19.6 Å². The molecular formula is C12H13Br2NO2. The van der Waals surface area contributed by atoms with Gasteiger partial charge in [0.1, 0.15) is 0 Å². The van der Waals surface area contributed by atoms with Gasteiger partial charge >= 0.3 is 5.97 Å². The molecule has 0 amide bonds. The van der Waals surface area contributed by atoms with E-state index in [9.17, 15) is 4.79 Å². The molecule has 5 heteroatoms. The molecule has 0 heterocycles. The number of ether oxygens (including phenoxy) is 1. The average Bonchev–Trinajstić information content (AvgIpc) is 2.29. The molecule has 0 bridgehead atoms. The first-order valence-electron chi connectivity index (χ1n) is 4.95. The molecule has 1 N–H and O–H groups in total. The van der Waals surface area contributed by atoms with Gasteiger partial charge in [0.25, 0.3) is 0 Å². The molecule has 0 atom stereocenters. The van der Waals surface area contributed by atoms with Gasteiger partial charge in [0.05, 0.1) is 12.7 Å².